The fourth-order valence-corrected chi connectivity index (χ4v) is 3.68. The summed E-state index contributed by atoms with van der Waals surface area (Å²) >= 11 is 7.65. The van der Waals surface area contributed by atoms with E-state index in [1.54, 1.807) is 17.5 Å². The number of rotatable bonds is 4. The van der Waals surface area contributed by atoms with Crippen LogP contribution < -0.4 is 0 Å². The van der Waals surface area contributed by atoms with Gasteiger partial charge in [0.1, 0.15) is 5.01 Å². The summed E-state index contributed by atoms with van der Waals surface area (Å²) in [6.07, 6.45) is 2.63. The summed E-state index contributed by atoms with van der Waals surface area (Å²) in [5.41, 5.74) is 5.68. The van der Waals surface area contributed by atoms with Crippen LogP contribution in [-0.2, 0) is 6.42 Å². The minimum absolute atomic E-state index is 0.599. The number of nitrogens with zero attached hydrogens (tertiary/aromatic N) is 2. The number of alkyl halides is 1. The molecule has 0 saturated carbocycles. The van der Waals surface area contributed by atoms with Crippen LogP contribution in [0.3, 0.4) is 0 Å². The van der Waals surface area contributed by atoms with Gasteiger partial charge in [-0.15, -0.1) is 22.9 Å². The van der Waals surface area contributed by atoms with Crippen LogP contribution in [0.4, 0.5) is 0 Å². The van der Waals surface area contributed by atoms with E-state index in [4.69, 9.17) is 16.6 Å². The van der Waals surface area contributed by atoms with E-state index in [2.05, 4.69) is 37.0 Å². The first-order chi connectivity index (χ1) is 10.7. The minimum Gasteiger partial charge on any atom is -0.254 e. The van der Waals surface area contributed by atoms with Gasteiger partial charge in [0.2, 0.25) is 0 Å². The van der Waals surface area contributed by atoms with Crippen LogP contribution in [0.5, 0.6) is 0 Å². The Morgan fingerprint density at radius 1 is 1.09 bits per heavy atom. The van der Waals surface area contributed by atoms with Gasteiger partial charge >= 0.3 is 0 Å². The van der Waals surface area contributed by atoms with Crippen molar-refractivity contribution in [2.24, 2.45) is 0 Å². The molecule has 2 aromatic heterocycles. The lowest BCUT2D eigenvalue weighted by Gasteiger charge is -2.04. The van der Waals surface area contributed by atoms with Crippen LogP contribution in [0.1, 0.15) is 16.0 Å². The molecule has 1 aromatic carbocycles. The molecule has 4 heteroatoms. The van der Waals surface area contributed by atoms with Crippen molar-refractivity contribution >= 4 is 22.9 Å². The van der Waals surface area contributed by atoms with Gasteiger partial charge < -0.3 is 0 Å². The molecule has 0 unspecified atom stereocenters. The van der Waals surface area contributed by atoms with Crippen LogP contribution in [0.15, 0.2) is 42.6 Å². The van der Waals surface area contributed by atoms with Crippen molar-refractivity contribution in [2.75, 3.05) is 5.88 Å². The number of halogens is 1. The smallest absolute Gasteiger partial charge is 0.142 e. The van der Waals surface area contributed by atoms with Crippen molar-refractivity contribution < 1.29 is 0 Å². The second kappa shape index (κ2) is 6.59. The molecular weight excluding hydrogens is 312 g/mol. The Morgan fingerprint density at radius 3 is 2.64 bits per heavy atom. The first-order valence-corrected chi connectivity index (χ1v) is 8.59. The summed E-state index contributed by atoms with van der Waals surface area (Å²) < 4.78 is 0. The van der Waals surface area contributed by atoms with Gasteiger partial charge in [-0.05, 0) is 49.6 Å². The van der Waals surface area contributed by atoms with Crippen LogP contribution in [0.25, 0.3) is 22.0 Å². The van der Waals surface area contributed by atoms with Gasteiger partial charge in [-0.25, -0.2) is 4.98 Å². The quantitative estimate of drug-likeness (QED) is 0.610. The first-order valence-electron chi connectivity index (χ1n) is 7.23. The molecule has 22 heavy (non-hydrogen) atoms. The SMILES string of the molecule is Cc1ccc(-c2nc(-c3ccccn3)sc2CCCl)cc1C. The van der Waals surface area contributed by atoms with E-state index in [9.17, 15) is 0 Å². The van der Waals surface area contributed by atoms with Crippen molar-refractivity contribution in [2.45, 2.75) is 20.3 Å². The predicted octanol–water partition coefficient (Wildman–Crippen LogP) is 5.27. The van der Waals surface area contributed by atoms with E-state index in [-0.39, 0.29) is 0 Å². The predicted molar refractivity (Wildman–Crippen MR) is 94.7 cm³/mol. The highest BCUT2D eigenvalue weighted by molar-refractivity contribution is 7.15. The fourth-order valence-electron chi connectivity index (χ4n) is 2.32. The molecule has 0 aliphatic heterocycles. The lowest BCUT2D eigenvalue weighted by molar-refractivity contribution is 1.18. The second-order valence-electron chi connectivity index (χ2n) is 5.24. The van der Waals surface area contributed by atoms with E-state index in [1.807, 2.05) is 18.2 Å². The molecule has 3 rings (SSSR count). The molecule has 112 valence electrons. The summed E-state index contributed by atoms with van der Waals surface area (Å²) in [6, 6.07) is 12.4. The molecule has 0 fully saturated rings. The fraction of sp³-hybridized carbons (Fsp3) is 0.222. The first kappa shape index (κ1) is 15.2. The van der Waals surface area contributed by atoms with Gasteiger partial charge in [-0.2, -0.15) is 0 Å². The Bertz CT molecular complexity index is 781. The van der Waals surface area contributed by atoms with Crippen LogP contribution >= 0.6 is 22.9 Å². The van der Waals surface area contributed by atoms with Gasteiger partial charge in [0.05, 0.1) is 11.4 Å². The minimum atomic E-state index is 0.599. The number of thiazole rings is 1. The Morgan fingerprint density at radius 2 is 1.95 bits per heavy atom. The largest absolute Gasteiger partial charge is 0.254 e. The number of pyridine rings is 1. The maximum Gasteiger partial charge on any atom is 0.142 e. The number of benzene rings is 1. The van der Waals surface area contributed by atoms with E-state index in [1.165, 1.54) is 16.0 Å². The highest BCUT2D eigenvalue weighted by Crippen LogP contribution is 2.34. The summed E-state index contributed by atoms with van der Waals surface area (Å²) in [5.74, 6) is 0.599. The molecule has 2 nitrogen and oxygen atoms in total. The average molecular weight is 329 g/mol. The standard InChI is InChI=1S/C18H17ClN2S/c1-12-6-7-14(11-13(12)2)17-16(8-9-19)22-18(21-17)15-5-3-4-10-20-15/h3-7,10-11H,8-9H2,1-2H3. The molecule has 0 aliphatic carbocycles. The molecule has 0 saturated heterocycles. The highest BCUT2D eigenvalue weighted by atomic mass is 35.5. The third-order valence-corrected chi connectivity index (χ3v) is 5.01. The molecule has 2 heterocycles. The van der Waals surface area contributed by atoms with Gasteiger partial charge in [0.25, 0.3) is 0 Å². The van der Waals surface area contributed by atoms with Crippen LogP contribution in [0, 0.1) is 13.8 Å². The monoisotopic (exact) mass is 328 g/mol. The highest BCUT2D eigenvalue weighted by Gasteiger charge is 2.15. The zero-order valence-electron chi connectivity index (χ0n) is 12.6. The van der Waals surface area contributed by atoms with Gasteiger partial charge in [-0.1, -0.05) is 18.2 Å². The van der Waals surface area contributed by atoms with Gasteiger partial charge in [0.15, 0.2) is 0 Å². The summed E-state index contributed by atoms with van der Waals surface area (Å²) in [5, 5.41) is 0.953. The molecule has 3 aromatic rings. The normalized spacial score (nSPS) is 10.9. The molecule has 0 atom stereocenters. The molecule has 0 amide bonds. The average Bonchev–Trinajstić information content (AvgIpc) is 2.95. The number of hydrogen-bond donors (Lipinski definition) is 0. The van der Waals surface area contributed by atoms with Crippen molar-refractivity contribution in [3.05, 3.63) is 58.6 Å². The molecule has 0 aliphatic rings. The van der Waals surface area contributed by atoms with Crippen molar-refractivity contribution in [3.8, 4) is 22.0 Å². The third-order valence-electron chi connectivity index (χ3n) is 3.68. The molecular formula is C18H17ClN2S. The van der Waals surface area contributed by atoms with Crippen molar-refractivity contribution in [1.29, 1.82) is 0 Å². The zero-order chi connectivity index (χ0) is 15.5. The lowest BCUT2D eigenvalue weighted by Crippen LogP contribution is -1.89. The summed E-state index contributed by atoms with van der Waals surface area (Å²) in [4.78, 5) is 10.5. The molecule has 0 radical (unpaired) electrons. The van der Waals surface area contributed by atoms with E-state index in [0.717, 1.165) is 28.4 Å². The maximum atomic E-state index is 5.97. The van der Waals surface area contributed by atoms with Crippen molar-refractivity contribution in [3.63, 3.8) is 0 Å². The van der Waals surface area contributed by atoms with Crippen molar-refractivity contribution in [1.82, 2.24) is 9.97 Å². The van der Waals surface area contributed by atoms with Gasteiger partial charge in [0, 0.05) is 22.5 Å². The van der Waals surface area contributed by atoms with Crippen LogP contribution in [-0.4, -0.2) is 15.8 Å². The third kappa shape index (κ3) is 3.06. The van der Waals surface area contributed by atoms with Gasteiger partial charge in [-0.3, -0.25) is 4.98 Å². The molecule has 0 bridgehead atoms. The maximum absolute atomic E-state index is 5.97. The van der Waals surface area contributed by atoms with E-state index < -0.39 is 0 Å². The zero-order valence-corrected chi connectivity index (χ0v) is 14.2. The number of aryl methyl sites for hydroxylation is 3. The number of aromatic nitrogens is 2. The second-order valence-corrected chi connectivity index (χ2v) is 6.71. The Labute approximate surface area is 139 Å². The molecule has 0 N–H and O–H groups in total. The topological polar surface area (TPSA) is 25.8 Å². The lowest BCUT2D eigenvalue weighted by atomic mass is 10.0. The Hall–Kier alpha value is -1.71. The Balaban J connectivity index is 2.09. The Kier molecular flexibility index (Phi) is 4.55. The van der Waals surface area contributed by atoms with Crippen LogP contribution in [0.2, 0.25) is 0 Å². The molecule has 0 spiro atoms. The summed E-state index contributed by atoms with van der Waals surface area (Å²) in [7, 11) is 0. The summed E-state index contributed by atoms with van der Waals surface area (Å²) in [6.45, 7) is 4.26. The van der Waals surface area contributed by atoms with E-state index >= 15 is 0 Å². The number of hydrogen-bond acceptors (Lipinski definition) is 3. The van der Waals surface area contributed by atoms with E-state index in [0.29, 0.717) is 5.88 Å².